The SMILES string of the molecule is CCc1c(-c2c(Cl)ccc3c(CCCOc4cccc5cc(F)ccc45)c(C(=O)O)n(CCCCNS(=O)(=O)c4ccccc4[N+](=O)[O-])c23)c(CO)nn1C.Cl. The second-order valence-electron chi connectivity index (χ2n) is 12.9. The number of aliphatic hydroxyl groups excluding tert-OH is 1. The summed E-state index contributed by atoms with van der Waals surface area (Å²) in [7, 11) is -2.45. The van der Waals surface area contributed by atoms with Crippen LogP contribution >= 0.6 is 24.0 Å². The van der Waals surface area contributed by atoms with Crippen molar-refractivity contribution in [1.82, 2.24) is 19.1 Å². The number of hydrogen-bond acceptors (Lipinski definition) is 8. The molecule has 3 N–H and O–H groups in total. The molecule has 0 saturated heterocycles. The number of nitro groups is 1. The molecule has 6 rings (SSSR count). The number of carbonyl (C=O) groups is 1. The summed E-state index contributed by atoms with van der Waals surface area (Å²) in [4.78, 5) is 23.4. The molecular formula is C39H40Cl2FN5O8S. The molecule has 0 atom stereocenters. The average molecular weight is 829 g/mol. The first kappa shape index (κ1) is 42.1. The van der Waals surface area contributed by atoms with Crippen molar-refractivity contribution in [3.63, 3.8) is 0 Å². The molecule has 4 aromatic carbocycles. The average Bonchev–Trinajstić information content (AvgIpc) is 3.65. The lowest BCUT2D eigenvalue weighted by atomic mass is 9.97. The van der Waals surface area contributed by atoms with E-state index in [2.05, 4.69) is 9.82 Å². The second-order valence-corrected chi connectivity index (χ2v) is 15.1. The lowest BCUT2D eigenvalue weighted by Gasteiger charge is -2.15. The molecule has 13 nitrogen and oxygen atoms in total. The number of nitrogens with zero attached hydrogens (tertiary/aromatic N) is 4. The molecule has 0 unspecified atom stereocenters. The van der Waals surface area contributed by atoms with E-state index in [1.165, 1.54) is 24.3 Å². The van der Waals surface area contributed by atoms with Crippen LogP contribution in [0.25, 0.3) is 32.8 Å². The maximum atomic E-state index is 13.8. The smallest absolute Gasteiger partial charge is 0.352 e. The van der Waals surface area contributed by atoms with Gasteiger partial charge in [0.25, 0.3) is 5.69 Å². The van der Waals surface area contributed by atoms with Gasteiger partial charge < -0.3 is 19.5 Å². The third-order valence-corrected chi connectivity index (χ3v) is 11.4. The second kappa shape index (κ2) is 17.8. The van der Waals surface area contributed by atoms with E-state index in [0.717, 1.165) is 23.2 Å². The van der Waals surface area contributed by atoms with Gasteiger partial charge in [0.2, 0.25) is 10.0 Å². The molecule has 0 bridgehead atoms. The van der Waals surface area contributed by atoms with E-state index in [4.69, 9.17) is 16.3 Å². The standard InChI is InChI=1S/C39H39ClFN5O8S.ClH/c1-3-31-36(30(23-47)43-44(31)2)35-29(40)18-17-28-27(11-9-21-54-33-13-8-10-24-22-25(41)15-16-26(24)33)38(39(48)49)45(37(28)35)20-7-6-19-42-55(52,53)34-14-5-4-12-32(34)46(50)51;/h4-5,8,10,12-18,22,42,47H,3,6-7,9,11,19-21,23H2,1-2H3,(H,48,49);1H. The number of para-hydroxylation sites is 1. The Balaban J connectivity index is 0.00000600. The number of sulfonamides is 1. The molecule has 0 aliphatic rings. The first-order valence-corrected chi connectivity index (χ1v) is 19.5. The zero-order valence-corrected chi connectivity index (χ0v) is 32.9. The van der Waals surface area contributed by atoms with Gasteiger partial charge in [-0.05, 0) is 79.5 Å². The van der Waals surface area contributed by atoms with E-state index in [1.54, 1.807) is 52.7 Å². The lowest BCUT2D eigenvalue weighted by molar-refractivity contribution is -0.387. The first-order chi connectivity index (χ1) is 26.4. The van der Waals surface area contributed by atoms with E-state index in [1.807, 2.05) is 6.92 Å². The number of aliphatic hydroxyl groups is 1. The summed E-state index contributed by atoms with van der Waals surface area (Å²) in [5, 5.41) is 39.5. The van der Waals surface area contributed by atoms with Crippen LogP contribution in [0.5, 0.6) is 5.75 Å². The maximum absolute atomic E-state index is 13.8. The van der Waals surface area contributed by atoms with Crippen LogP contribution in [0, 0.1) is 15.9 Å². The van der Waals surface area contributed by atoms with E-state index in [9.17, 15) is 37.9 Å². The Bertz CT molecular complexity index is 2540. The summed E-state index contributed by atoms with van der Waals surface area (Å²) in [6, 6.07) is 18.4. The summed E-state index contributed by atoms with van der Waals surface area (Å²) >= 11 is 6.95. The van der Waals surface area contributed by atoms with Crippen LogP contribution in [0.15, 0.2) is 77.7 Å². The fraction of sp³-hybridized carbons (Fsp3) is 0.282. The third kappa shape index (κ3) is 8.37. The number of halogens is 3. The summed E-state index contributed by atoms with van der Waals surface area (Å²) in [6.45, 7) is 1.89. The van der Waals surface area contributed by atoms with Gasteiger partial charge in [0.05, 0.1) is 34.4 Å². The van der Waals surface area contributed by atoms with Crippen molar-refractivity contribution >= 4 is 67.4 Å². The molecule has 0 fully saturated rings. The fourth-order valence-corrected chi connectivity index (χ4v) is 8.66. The van der Waals surface area contributed by atoms with Crippen LogP contribution in [0.3, 0.4) is 0 Å². The van der Waals surface area contributed by atoms with Crippen molar-refractivity contribution in [1.29, 1.82) is 0 Å². The number of carboxylic acids is 1. The van der Waals surface area contributed by atoms with Crippen LogP contribution in [-0.4, -0.2) is 57.0 Å². The van der Waals surface area contributed by atoms with E-state index >= 15 is 0 Å². The monoisotopic (exact) mass is 827 g/mol. The minimum Gasteiger partial charge on any atom is -0.493 e. The molecule has 56 heavy (non-hydrogen) atoms. The Labute approximate surface area is 333 Å². The highest BCUT2D eigenvalue weighted by Gasteiger charge is 2.29. The van der Waals surface area contributed by atoms with Gasteiger partial charge in [-0.15, -0.1) is 12.4 Å². The number of aromatic carboxylic acids is 1. The molecule has 0 saturated carbocycles. The number of aryl methyl sites for hydroxylation is 3. The maximum Gasteiger partial charge on any atom is 0.352 e. The topological polar surface area (TPSA) is 179 Å². The minimum absolute atomic E-state index is 0. The predicted molar refractivity (Wildman–Crippen MR) is 214 cm³/mol. The molecular weight excluding hydrogens is 788 g/mol. The number of nitrogens with one attached hydrogen (secondary N) is 1. The number of unbranched alkanes of at least 4 members (excludes halogenated alkanes) is 1. The Morgan fingerprint density at radius 3 is 2.50 bits per heavy atom. The number of ether oxygens (including phenoxy) is 1. The molecule has 296 valence electrons. The molecule has 0 aliphatic carbocycles. The molecule has 0 radical (unpaired) electrons. The quantitative estimate of drug-likeness (QED) is 0.0469. The number of fused-ring (bicyclic) bond motifs is 2. The van der Waals surface area contributed by atoms with Crippen LogP contribution < -0.4 is 9.46 Å². The van der Waals surface area contributed by atoms with Crippen molar-refractivity contribution < 1.29 is 37.5 Å². The zero-order valence-electron chi connectivity index (χ0n) is 30.5. The van der Waals surface area contributed by atoms with E-state index in [0.29, 0.717) is 75.1 Å². The zero-order chi connectivity index (χ0) is 39.4. The van der Waals surface area contributed by atoms with Crippen molar-refractivity contribution in [3.05, 3.63) is 116 Å². The van der Waals surface area contributed by atoms with Crippen molar-refractivity contribution in [2.45, 2.75) is 57.1 Å². The van der Waals surface area contributed by atoms with E-state index < -0.39 is 31.5 Å². The highest BCUT2D eigenvalue weighted by atomic mass is 35.5. The fourth-order valence-electron chi connectivity index (χ4n) is 7.17. The Morgan fingerprint density at radius 2 is 1.79 bits per heavy atom. The van der Waals surface area contributed by atoms with Gasteiger partial charge in [0.1, 0.15) is 17.3 Å². The number of aromatic nitrogens is 3. The van der Waals surface area contributed by atoms with Gasteiger partial charge in [-0.2, -0.15) is 5.10 Å². The van der Waals surface area contributed by atoms with Gasteiger partial charge in [-0.1, -0.05) is 48.9 Å². The number of hydrogen-bond donors (Lipinski definition) is 3. The number of carboxylic acid groups (broad SMARTS) is 1. The van der Waals surface area contributed by atoms with Crippen molar-refractivity contribution in [2.24, 2.45) is 7.05 Å². The molecule has 2 heterocycles. The Hall–Kier alpha value is -5.06. The van der Waals surface area contributed by atoms with Gasteiger partial charge >= 0.3 is 5.97 Å². The minimum atomic E-state index is -4.21. The largest absolute Gasteiger partial charge is 0.493 e. The Kier molecular flexibility index (Phi) is 13.4. The number of benzene rings is 4. The molecule has 2 aromatic heterocycles. The normalized spacial score (nSPS) is 11.6. The summed E-state index contributed by atoms with van der Waals surface area (Å²) < 4.78 is 51.7. The van der Waals surface area contributed by atoms with Crippen molar-refractivity contribution in [3.8, 4) is 16.9 Å². The van der Waals surface area contributed by atoms with Gasteiger partial charge in [-0.25, -0.2) is 22.3 Å². The lowest BCUT2D eigenvalue weighted by Crippen LogP contribution is -2.25. The first-order valence-electron chi connectivity index (χ1n) is 17.6. The Morgan fingerprint density at radius 1 is 1.04 bits per heavy atom. The summed E-state index contributed by atoms with van der Waals surface area (Å²) in [5.41, 5.74) is 2.89. The molecule has 17 heteroatoms. The van der Waals surface area contributed by atoms with Gasteiger partial charge in [0, 0.05) is 53.8 Å². The van der Waals surface area contributed by atoms with Gasteiger partial charge in [-0.3, -0.25) is 14.8 Å². The molecule has 6 aromatic rings. The van der Waals surface area contributed by atoms with E-state index in [-0.39, 0.29) is 56.6 Å². The molecule has 0 spiro atoms. The predicted octanol–water partition coefficient (Wildman–Crippen LogP) is 7.84. The highest BCUT2D eigenvalue weighted by Crippen LogP contribution is 2.43. The molecule has 0 amide bonds. The molecule has 0 aliphatic heterocycles. The third-order valence-electron chi connectivity index (χ3n) is 9.54. The van der Waals surface area contributed by atoms with Crippen LogP contribution in [0.1, 0.15) is 53.6 Å². The van der Waals surface area contributed by atoms with Crippen LogP contribution in [0.2, 0.25) is 5.02 Å². The highest BCUT2D eigenvalue weighted by molar-refractivity contribution is 7.89. The summed E-state index contributed by atoms with van der Waals surface area (Å²) in [5.74, 6) is -0.957. The van der Waals surface area contributed by atoms with Crippen molar-refractivity contribution in [2.75, 3.05) is 13.2 Å². The van der Waals surface area contributed by atoms with Gasteiger partial charge in [0.15, 0.2) is 4.90 Å². The van der Waals surface area contributed by atoms with Crippen LogP contribution in [0.4, 0.5) is 10.1 Å². The summed E-state index contributed by atoms with van der Waals surface area (Å²) in [6.07, 6.45) is 1.86. The van der Waals surface area contributed by atoms with Crippen LogP contribution in [-0.2, 0) is 43.1 Å². The number of nitro benzene ring substituents is 1. The number of rotatable bonds is 17.